The van der Waals surface area contributed by atoms with Crippen molar-refractivity contribution >= 4 is 11.8 Å². The molecule has 2 aromatic heterocycles. The molecule has 18 heavy (non-hydrogen) atoms. The smallest absolute Gasteiger partial charge is 0.197 e. The molecule has 0 N–H and O–H groups in total. The standard InChI is InChI=1S/C12H15N5S/c1-7-6-10(14-8(2)13-7)18-12-16-15-11(17(12)3)9-4-5-9/h6,9H,4-5H2,1-3H3. The van der Waals surface area contributed by atoms with Crippen LogP contribution in [0.5, 0.6) is 0 Å². The highest BCUT2D eigenvalue weighted by molar-refractivity contribution is 7.99. The summed E-state index contributed by atoms with van der Waals surface area (Å²) in [6, 6.07) is 1.98. The Bertz CT molecular complexity index is 568. The minimum Gasteiger partial charge on any atom is -0.309 e. The fourth-order valence-corrected chi connectivity index (χ4v) is 2.85. The van der Waals surface area contributed by atoms with Gasteiger partial charge in [0.05, 0.1) is 0 Å². The highest BCUT2D eigenvalue weighted by atomic mass is 32.2. The van der Waals surface area contributed by atoms with Crippen molar-refractivity contribution in [1.82, 2.24) is 24.7 Å². The Kier molecular flexibility index (Phi) is 2.81. The number of nitrogens with zero attached hydrogens (tertiary/aromatic N) is 5. The molecule has 2 aromatic rings. The number of rotatable bonds is 3. The zero-order chi connectivity index (χ0) is 12.7. The topological polar surface area (TPSA) is 56.5 Å². The quantitative estimate of drug-likeness (QED) is 0.793. The van der Waals surface area contributed by atoms with Gasteiger partial charge in [-0.05, 0) is 44.5 Å². The summed E-state index contributed by atoms with van der Waals surface area (Å²) in [5.41, 5.74) is 0.981. The third-order valence-corrected chi connectivity index (χ3v) is 3.91. The summed E-state index contributed by atoms with van der Waals surface area (Å²) in [5, 5.41) is 10.3. The molecule has 0 saturated heterocycles. The lowest BCUT2D eigenvalue weighted by molar-refractivity contribution is 0.735. The lowest BCUT2D eigenvalue weighted by Gasteiger charge is -2.03. The highest BCUT2D eigenvalue weighted by Gasteiger charge is 2.29. The third-order valence-electron chi connectivity index (χ3n) is 2.95. The van der Waals surface area contributed by atoms with Crippen molar-refractivity contribution in [2.75, 3.05) is 0 Å². The summed E-state index contributed by atoms with van der Waals surface area (Å²) in [6.07, 6.45) is 2.48. The first-order valence-electron chi connectivity index (χ1n) is 6.03. The molecule has 0 bridgehead atoms. The van der Waals surface area contributed by atoms with E-state index >= 15 is 0 Å². The van der Waals surface area contributed by atoms with Crippen molar-refractivity contribution in [3.05, 3.63) is 23.4 Å². The Morgan fingerprint density at radius 1 is 1.22 bits per heavy atom. The summed E-state index contributed by atoms with van der Waals surface area (Å²) >= 11 is 1.55. The zero-order valence-electron chi connectivity index (χ0n) is 10.7. The van der Waals surface area contributed by atoms with Crippen LogP contribution in [0.25, 0.3) is 0 Å². The third kappa shape index (κ3) is 2.25. The van der Waals surface area contributed by atoms with Gasteiger partial charge in [0.1, 0.15) is 16.7 Å². The SMILES string of the molecule is Cc1cc(Sc2nnc(C3CC3)n2C)nc(C)n1. The molecule has 1 aliphatic carbocycles. The van der Waals surface area contributed by atoms with Crippen LogP contribution in [0.1, 0.15) is 36.1 Å². The first kappa shape index (κ1) is 11.6. The Hall–Kier alpha value is -1.43. The van der Waals surface area contributed by atoms with Gasteiger partial charge in [-0.25, -0.2) is 9.97 Å². The van der Waals surface area contributed by atoms with E-state index in [0.29, 0.717) is 5.92 Å². The van der Waals surface area contributed by atoms with Crippen LogP contribution in [0.4, 0.5) is 0 Å². The van der Waals surface area contributed by atoms with E-state index < -0.39 is 0 Å². The van der Waals surface area contributed by atoms with Crippen LogP contribution in [-0.2, 0) is 7.05 Å². The Labute approximate surface area is 110 Å². The van der Waals surface area contributed by atoms with Crippen molar-refractivity contribution in [3.63, 3.8) is 0 Å². The fraction of sp³-hybridized carbons (Fsp3) is 0.500. The van der Waals surface area contributed by atoms with Crippen LogP contribution in [0, 0.1) is 13.8 Å². The number of aryl methyl sites for hydroxylation is 2. The highest BCUT2D eigenvalue weighted by Crippen LogP contribution is 2.40. The molecular formula is C12H15N5S. The van der Waals surface area contributed by atoms with E-state index in [2.05, 4.69) is 24.7 Å². The molecule has 0 unspecified atom stereocenters. The van der Waals surface area contributed by atoms with Crippen LogP contribution < -0.4 is 0 Å². The first-order chi connectivity index (χ1) is 8.63. The Morgan fingerprint density at radius 3 is 2.67 bits per heavy atom. The van der Waals surface area contributed by atoms with Gasteiger partial charge in [0.25, 0.3) is 0 Å². The second kappa shape index (κ2) is 4.35. The second-order valence-corrected chi connectivity index (χ2v) is 5.66. The zero-order valence-corrected chi connectivity index (χ0v) is 11.5. The summed E-state index contributed by atoms with van der Waals surface area (Å²) in [5.74, 6) is 2.51. The molecule has 1 aliphatic rings. The van der Waals surface area contributed by atoms with E-state index in [1.165, 1.54) is 12.8 Å². The Balaban J connectivity index is 1.87. The lowest BCUT2D eigenvalue weighted by Crippen LogP contribution is -1.98. The van der Waals surface area contributed by atoms with Crippen molar-refractivity contribution in [1.29, 1.82) is 0 Å². The maximum Gasteiger partial charge on any atom is 0.197 e. The van der Waals surface area contributed by atoms with Gasteiger partial charge in [0.15, 0.2) is 5.16 Å². The van der Waals surface area contributed by atoms with Crippen molar-refractivity contribution in [2.24, 2.45) is 7.05 Å². The van der Waals surface area contributed by atoms with Gasteiger partial charge in [-0.2, -0.15) is 0 Å². The number of aromatic nitrogens is 5. The molecular weight excluding hydrogens is 246 g/mol. The molecule has 0 aromatic carbocycles. The molecule has 0 atom stereocenters. The second-order valence-electron chi connectivity index (χ2n) is 4.67. The van der Waals surface area contributed by atoms with Crippen molar-refractivity contribution in [3.8, 4) is 0 Å². The average molecular weight is 261 g/mol. The van der Waals surface area contributed by atoms with Gasteiger partial charge in [-0.3, -0.25) is 0 Å². The van der Waals surface area contributed by atoms with Gasteiger partial charge >= 0.3 is 0 Å². The molecule has 0 spiro atoms. The molecule has 1 fully saturated rings. The van der Waals surface area contributed by atoms with Gasteiger partial charge in [0.2, 0.25) is 0 Å². The minimum absolute atomic E-state index is 0.616. The maximum atomic E-state index is 4.41. The molecule has 2 heterocycles. The molecule has 6 heteroatoms. The maximum absolute atomic E-state index is 4.41. The average Bonchev–Trinajstić information content (AvgIpc) is 3.05. The van der Waals surface area contributed by atoms with E-state index in [1.54, 1.807) is 11.8 Å². The number of hydrogen-bond donors (Lipinski definition) is 0. The van der Waals surface area contributed by atoms with E-state index in [9.17, 15) is 0 Å². The van der Waals surface area contributed by atoms with Gasteiger partial charge < -0.3 is 4.57 Å². The van der Waals surface area contributed by atoms with Gasteiger partial charge in [-0.15, -0.1) is 10.2 Å². The van der Waals surface area contributed by atoms with Crippen LogP contribution >= 0.6 is 11.8 Å². The minimum atomic E-state index is 0.616. The van der Waals surface area contributed by atoms with Crippen molar-refractivity contribution < 1.29 is 0 Å². The van der Waals surface area contributed by atoms with Crippen LogP contribution in [0.2, 0.25) is 0 Å². The predicted molar refractivity (Wildman–Crippen MR) is 68.6 cm³/mol. The van der Waals surface area contributed by atoms with Crippen LogP contribution in [0.15, 0.2) is 16.2 Å². The van der Waals surface area contributed by atoms with Crippen LogP contribution in [-0.4, -0.2) is 24.7 Å². The molecule has 94 valence electrons. The lowest BCUT2D eigenvalue weighted by atomic mass is 10.4. The monoisotopic (exact) mass is 261 g/mol. The fourth-order valence-electron chi connectivity index (χ4n) is 1.94. The van der Waals surface area contributed by atoms with E-state index in [4.69, 9.17) is 0 Å². The molecule has 1 saturated carbocycles. The molecule has 5 nitrogen and oxygen atoms in total. The Morgan fingerprint density at radius 2 is 2.00 bits per heavy atom. The summed E-state index contributed by atoms with van der Waals surface area (Å²) < 4.78 is 2.08. The normalized spacial score (nSPS) is 15.1. The molecule has 0 aliphatic heterocycles. The van der Waals surface area contributed by atoms with Crippen molar-refractivity contribution in [2.45, 2.75) is 42.8 Å². The number of hydrogen-bond acceptors (Lipinski definition) is 5. The summed E-state index contributed by atoms with van der Waals surface area (Å²) in [4.78, 5) is 8.69. The van der Waals surface area contributed by atoms with Crippen LogP contribution in [0.3, 0.4) is 0 Å². The summed E-state index contributed by atoms with van der Waals surface area (Å²) in [7, 11) is 2.02. The first-order valence-corrected chi connectivity index (χ1v) is 6.84. The summed E-state index contributed by atoms with van der Waals surface area (Å²) in [6.45, 7) is 3.88. The van der Waals surface area contributed by atoms with E-state index in [0.717, 1.165) is 27.5 Å². The van der Waals surface area contributed by atoms with E-state index in [-0.39, 0.29) is 0 Å². The molecule has 0 radical (unpaired) electrons. The molecule has 3 rings (SSSR count). The molecule has 0 amide bonds. The van der Waals surface area contributed by atoms with Gasteiger partial charge in [0, 0.05) is 18.7 Å². The van der Waals surface area contributed by atoms with E-state index in [1.807, 2.05) is 27.0 Å². The largest absolute Gasteiger partial charge is 0.309 e. The van der Waals surface area contributed by atoms with Gasteiger partial charge in [-0.1, -0.05) is 0 Å². The predicted octanol–water partition coefficient (Wildman–Crippen LogP) is 2.25.